The zero-order valence-corrected chi connectivity index (χ0v) is 12.5. The maximum atomic E-state index is 12.1. The van der Waals surface area contributed by atoms with E-state index in [1.807, 2.05) is 24.3 Å². The van der Waals surface area contributed by atoms with Crippen molar-refractivity contribution in [2.45, 2.75) is 39.7 Å². The van der Waals surface area contributed by atoms with Crippen LogP contribution in [0.3, 0.4) is 0 Å². The van der Waals surface area contributed by atoms with Crippen LogP contribution >= 0.6 is 0 Å². The Kier molecular flexibility index (Phi) is 5.04. The molecule has 0 amide bonds. The number of carbonyl (C=O) groups excluding carboxylic acids is 1. The van der Waals surface area contributed by atoms with Crippen molar-refractivity contribution in [3.63, 3.8) is 0 Å². The molecular formula is C17H20N2O2. The van der Waals surface area contributed by atoms with Crippen LogP contribution in [-0.2, 0) is 13.0 Å². The van der Waals surface area contributed by atoms with Gasteiger partial charge in [-0.3, -0.25) is 9.59 Å². The van der Waals surface area contributed by atoms with Crippen molar-refractivity contribution in [1.29, 1.82) is 0 Å². The molecule has 0 unspecified atom stereocenters. The third kappa shape index (κ3) is 3.45. The monoisotopic (exact) mass is 284 g/mol. The highest BCUT2D eigenvalue weighted by molar-refractivity contribution is 5.76. The average Bonchev–Trinajstić information content (AvgIpc) is 2.54. The van der Waals surface area contributed by atoms with Gasteiger partial charge in [0.05, 0.1) is 11.3 Å². The number of aryl methyl sites for hydroxylation is 2. The third-order valence-electron chi connectivity index (χ3n) is 3.51. The zero-order chi connectivity index (χ0) is 15.2. The quantitative estimate of drug-likeness (QED) is 0.766. The Morgan fingerprint density at radius 3 is 2.48 bits per heavy atom. The van der Waals surface area contributed by atoms with Crippen LogP contribution in [0, 0.1) is 0 Å². The minimum absolute atomic E-state index is 0.163. The standard InChI is InChI=1S/C17H20N2O2/c1-3-5-10-19-17(21)15(12-20)11-16(18-19)14-8-6-13(4-2)7-9-14/h6-9,11-12H,3-5,10H2,1-2H3. The van der Waals surface area contributed by atoms with Gasteiger partial charge in [-0.15, -0.1) is 0 Å². The lowest BCUT2D eigenvalue weighted by molar-refractivity contribution is 0.112. The molecule has 2 rings (SSSR count). The van der Waals surface area contributed by atoms with Crippen LogP contribution in [0.1, 0.15) is 42.6 Å². The van der Waals surface area contributed by atoms with Crippen LogP contribution in [0.15, 0.2) is 35.1 Å². The van der Waals surface area contributed by atoms with Crippen molar-refractivity contribution < 1.29 is 4.79 Å². The van der Waals surface area contributed by atoms with Gasteiger partial charge >= 0.3 is 0 Å². The van der Waals surface area contributed by atoms with Gasteiger partial charge in [-0.1, -0.05) is 44.5 Å². The first-order valence-corrected chi connectivity index (χ1v) is 7.36. The molecule has 1 aromatic carbocycles. The van der Waals surface area contributed by atoms with Gasteiger partial charge in [-0.05, 0) is 24.5 Å². The van der Waals surface area contributed by atoms with Gasteiger partial charge in [0.2, 0.25) is 0 Å². The number of carbonyl (C=O) groups is 1. The number of aromatic nitrogens is 2. The molecule has 2 aromatic rings. The highest BCUT2D eigenvalue weighted by atomic mass is 16.1. The summed E-state index contributed by atoms with van der Waals surface area (Å²) in [5, 5.41) is 4.39. The van der Waals surface area contributed by atoms with Crippen molar-refractivity contribution >= 4 is 6.29 Å². The summed E-state index contributed by atoms with van der Waals surface area (Å²) in [7, 11) is 0. The van der Waals surface area contributed by atoms with Crippen LogP contribution in [-0.4, -0.2) is 16.1 Å². The van der Waals surface area contributed by atoms with E-state index in [1.54, 1.807) is 6.07 Å². The van der Waals surface area contributed by atoms with E-state index in [4.69, 9.17) is 0 Å². The van der Waals surface area contributed by atoms with E-state index >= 15 is 0 Å². The minimum Gasteiger partial charge on any atom is -0.298 e. The Labute approximate surface area is 124 Å². The van der Waals surface area contributed by atoms with E-state index in [-0.39, 0.29) is 11.1 Å². The molecule has 0 aliphatic rings. The first-order valence-electron chi connectivity index (χ1n) is 7.36. The van der Waals surface area contributed by atoms with Crippen molar-refractivity contribution in [3.05, 3.63) is 51.8 Å². The third-order valence-corrected chi connectivity index (χ3v) is 3.51. The molecule has 0 aliphatic heterocycles. The minimum atomic E-state index is -0.313. The first-order chi connectivity index (χ1) is 10.2. The Morgan fingerprint density at radius 2 is 1.90 bits per heavy atom. The molecule has 0 fully saturated rings. The summed E-state index contributed by atoms with van der Waals surface area (Å²) in [4.78, 5) is 23.2. The molecule has 0 N–H and O–H groups in total. The average molecular weight is 284 g/mol. The second-order valence-electron chi connectivity index (χ2n) is 5.04. The largest absolute Gasteiger partial charge is 0.298 e. The highest BCUT2D eigenvalue weighted by Gasteiger charge is 2.09. The summed E-state index contributed by atoms with van der Waals surface area (Å²) in [5.74, 6) is 0. The number of aldehydes is 1. The Hall–Kier alpha value is -2.23. The Bertz CT molecular complexity index is 672. The fourth-order valence-electron chi connectivity index (χ4n) is 2.16. The van der Waals surface area contributed by atoms with Crippen molar-refractivity contribution in [3.8, 4) is 11.3 Å². The molecule has 0 aliphatic carbocycles. The Morgan fingerprint density at radius 1 is 1.19 bits per heavy atom. The van der Waals surface area contributed by atoms with E-state index in [9.17, 15) is 9.59 Å². The lowest BCUT2D eigenvalue weighted by Gasteiger charge is -2.08. The molecule has 21 heavy (non-hydrogen) atoms. The van der Waals surface area contributed by atoms with E-state index in [2.05, 4.69) is 18.9 Å². The number of rotatable bonds is 6. The molecule has 4 nitrogen and oxygen atoms in total. The molecular weight excluding hydrogens is 264 g/mol. The number of hydrogen-bond donors (Lipinski definition) is 0. The number of unbranched alkanes of at least 4 members (excludes halogenated alkanes) is 1. The molecule has 0 spiro atoms. The van der Waals surface area contributed by atoms with Gasteiger partial charge in [0.15, 0.2) is 6.29 Å². The van der Waals surface area contributed by atoms with Gasteiger partial charge in [0.1, 0.15) is 0 Å². The van der Waals surface area contributed by atoms with Gasteiger partial charge in [-0.2, -0.15) is 5.10 Å². The second kappa shape index (κ2) is 6.97. The lowest BCUT2D eigenvalue weighted by atomic mass is 10.1. The van der Waals surface area contributed by atoms with Crippen molar-refractivity contribution in [1.82, 2.24) is 9.78 Å². The van der Waals surface area contributed by atoms with Crippen LogP contribution in [0.5, 0.6) is 0 Å². The lowest BCUT2D eigenvalue weighted by Crippen LogP contribution is -2.26. The molecule has 110 valence electrons. The highest BCUT2D eigenvalue weighted by Crippen LogP contribution is 2.17. The summed E-state index contributed by atoms with van der Waals surface area (Å²) < 4.78 is 1.40. The molecule has 0 saturated heterocycles. The predicted molar refractivity (Wildman–Crippen MR) is 83.6 cm³/mol. The van der Waals surface area contributed by atoms with Crippen LogP contribution in [0.4, 0.5) is 0 Å². The normalized spacial score (nSPS) is 10.6. The maximum Gasteiger partial charge on any atom is 0.277 e. The smallest absolute Gasteiger partial charge is 0.277 e. The summed E-state index contributed by atoms with van der Waals surface area (Å²) >= 11 is 0. The van der Waals surface area contributed by atoms with Crippen LogP contribution < -0.4 is 5.56 Å². The molecule has 1 heterocycles. The molecule has 0 radical (unpaired) electrons. The maximum absolute atomic E-state index is 12.1. The number of benzene rings is 1. The van der Waals surface area contributed by atoms with E-state index < -0.39 is 0 Å². The number of hydrogen-bond acceptors (Lipinski definition) is 3. The molecule has 0 bridgehead atoms. The fourth-order valence-corrected chi connectivity index (χ4v) is 2.16. The van der Waals surface area contributed by atoms with E-state index in [1.165, 1.54) is 10.2 Å². The molecule has 0 saturated carbocycles. The second-order valence-corrected chi connectivity index (χ2v) is 5.04. The summed E-state index contributed by atoms with van der Waals surface area (Å²) in [6, 6.07) is 9.60. The van der Waals surface area contributed by atoms with Crippen molar-refractivity contribution in [2.75, 3.05) is 0 Å². The molecule has 4 heteroatoms. The topological polar surface area (TPSA) is 52.0 Å². The summed E-state index contributed by atoms with van der Waals surface area (Å²) in [5.41, 5.74) is 2.67. The van der Waals surface area contributed by atoms with Gasteiger partial charge in [0.25, 0.3) is 5.56 Å². The van der Waals surface area contributed by atoms with Crippen LogP contribution in [0.2, 0.25) is 0 Å². The zero-order valence-electron chi connectivity index (χ0n) is 12.5. The van der Waals surface area contributed by atoms with E-state index in [0.717, 1.165) is 24.8 Å². The van der Waals surface area contributed by atoms with E-state index in [0.29, 0.717) is 18.5 Å². The van der Waals surface area contributed by atoms with Crippen molar-refractivity contribution in [2.24, 2.45) is 0 Å². The Balaban J connectivity index is 2.46. The molecule has 0 atom stereocenters. The first kappa shape index (κ1) is 15.2. The SMILES string of the molecule is CCCCn1nc(-c2ccc(CC)cc2)cc(C=O)c1=O. The van der Waals surface area contributed by atoms with Gasteiger partial charge in [-0.25, -0.2) is 4.68 Å². The number of nitrogens with zero attached hydrogens (tertiary/aromatic N) is 2. The van der Waals surface area contributed by atoms with Crippen LogP contribution in [0.25, 0.3) is 11.3 Å². The predicted octanol–water partition coefficient (Wildman–Crippen LogP) is 3.09. The van der Waals surface area contributed by atoms with Gasteiger partial charge in [0, 0.05) is 12.1 Å². The summed E-state index contributed by atoms with van der Waals surface area (Å²) in [6.07, 6.45) is 3.42. The summed E-state index contributed by atoms with van der Waals surface area (Å²) in [6.45, 7) is 4.69. The molecule has 1 aromatic heterocycles. The van der Waals surface area contributed by atoms with Gasteiger partial charge < -0.3 is 0 Å². The fraction of sp³-hybridized carbons (Fsp3) is 0.353.